The van der Waals surface area contributed by atoms with Gasteiger partial charge >= 0.3 is 12.1 Å². The first-order chi connectivity index (χ1) is 13.3. The van der Waals surface area contributed by atoms with E-state index >= 15 is 0 Å². The maximum Gasteiger partial charge on any atom is 0.421 e. The average Bonchev–Trinajstić information content (AvgIpc) is 2.65. The van der Waals surface area contributed by atoms with Gasteiger partial charge in [-0.05, 0) is 30.2 Å². The summed E-state index contributed by atoms with van der Waals surface area (Å²) in [5.41, 5.74) is 1.03. The van der Waals surface area contributed by atoms with Gasteiger partial charge in [-0.15, -0.1) is 0 Å². The van der Waals surface area contributed by atoms with Crippen LogP contribution in [-0.4, -0.2) is 35.5 Å². The number of fused-ring (bicyclic) bond motifs is 1. The van der Waals surface area contributed by atoms with Gasteiger partial charge in [-0.3, -0.25) is 9.59 Å². The van der Waals surface area contributed by atoms with E-state index in [-0.39, 0.29) is 11.9 Å². The van der Waals surface area contributed by atoms with Crippen LogP contribution in [0.1, 0.15) is 17.5 Å². The molecule has 3 N–H and O–H groups in total. The zero-order valence-corrected chi connectivity index (χ0v) is 14.7. The number of aryl methyl sites for hydroxylation is 1. The first-order valence-corrected chi connectivity index (χ1v) is 8.21. The third-order valence-corrected chi connectivity index (χ3v) is 3.98. The molecule has 0 saturated carbocycles. The largest absolute Gasteiger partial charge is 0.468 e. The molecule has 2 heterocycles. The molecule has 28 heavy (non-hydrogen) atoms. The number of ether oxygens (including phenoxy) is 1. The van der Waals surface area contributed by atoms with Crippen LogP contribution in [0.5, 0.6) is 0 Å². The monoisotopic (exact) mass is 395 g/mol. The first-order valence-electron chi connectivity index (χ1n) is 8.21. The van der Waals surface area contributed by atoms with Gasteiger partial charge in [-0.1, -0.05) is 0 Å². The van der Waals surface area contributed by atoms with Crippen molar-refractivity contribution >= 4 is 35.0 Å². The molecule has 148 valence electrons. The molecule has 1 amide bonds. The lowest BCUT2D eigenvalue weighted by Crippen LogP contribution is -2.20. The standard InChI is InChI=1S/C17H16F3N5O3/c1-28-14(27)8-21-15-11(17(18,19)20)7-22-16(25-15)23-10-3-4-12-9(6-10)2-5-13(26)24-12/h3-4,6-7H,2,5,8H2,1H3,(H,24,26)(H2,21,22,23,25). The van der Waals surface area contributed by atoms with Crippen LogP contribution < -0.4 is 16.0 Å². The van der Waals surface area contributed by atoms with Gasteiger partial charge in [0, 0.05) is 24.0 Å². The summed E-state index contributed by atoms with van der Waals surface area (Å²) in [4.78, 5) is 30.2. The molecule has 0 unspecified atom stereocenters. The summed E-state index contributed by atoms with van der Waals surface area (Å²) >= 11 is 0. The molecule has 1 aromatic heterocycles. The highest BCUT2D eigenvalue weighted by molar-refractivity contribution is 5.94. The Bertz CT molecular complexity index is 917. The minimum absolute atomic E-state index is 0.0689. The molecule has 11 heteroatoms. The number of esters is 1. The van der Waals surface area contributed by atoms with Crippen molar-refractivity contribution in [3.8, 4) is 0 Å². The van der Waals surface area contributed by atoms with Gasteiger partial charge in [0.25, 0.3) is 0 Å². The van der Waals surface area contributed by atoms with Gasteiger partial charge < -0.3 is 20.7 Å². The van der Waals surface area contributed by atoms with Crippen LogP contribution in [0.15, 0.2) is 24.4 Å². The highest BCUT2D eigenvalue weighted by Gasteiger charge is 2.35. The van der Waals surface area contributed by atoms with E-state index in [1.807, 2.05) is 0 Å². The number of hydrogen-bond acceptors (Lipinski definition) is 7. The number of nitrogens with one attached hydrogen (secondary N) is 3. The minimum atomic E-state index is -4.69. The van der Waals surface area contributed by atoms with E-state index in [2.05, 4.69) is 30.7 Å². The Morgan fingerprint density at radius 3 is 2.82 bits per heavy atom. The van der Waals surface area contributed by atoms with E-state index in [0.29, 0.717) is 30.4 Å². The third-order valence-electron chi connectivity index (χ3n) is 3.98. The van der Waals surface area contributed by atoms with Gasteiger partial charge in [0.1, 0.15) is 17.9 Å². The van der Waals surface area contributed by atoms with Gasteiger partial charge in [0.2, 0.25) is 11.9 Å². The Kier molecular flexibility index (Phi) is 5.34. The molecule has 3 rings (SSSR count). The Hall–Kier alpha value is -3.37. The lowest BCUT2D eigenvalue weighted by atomic mass is 10.0. The number of hydrogen-bond donors (Lipinski definition) is 3. The van der Waals surface area contributed by atoms with Crippen LogP contribution in [0.3, 0.4) is 0 Å². The molecule has 1 aromatic carbocycles. The maximum atomic E-state index is 13.1. The summed E-state index contributed by atoms with van der Waals surface area (Å²) in [5, 5.41) is 7.89. The Balaban J connectivity index is 1.84. The average molecular weight is 395 g/mol. The second-order valence-electron chi connectivity index (χ2n) is 5.93. The van der Waals surface area contributed by atoms with Crippen molar-refractivity contribution in [2.24, 2.45) is 0 Å². The van der Waals surface area contributed by atoms with E-state index in [1.54, 1.807) is 18.2 Å². The molecule has 0 atom stereocenters. The number of aromatic nitrogens is 2. The molecule has 0 radical (unpaired) electrons. The quantitative estimate of drug-likeness (QED) is 0.669. The Labute approximate surface area is 157 Å². The van der Waals surface area contributed by atoms with Crippen molar-refractivity contribution < 1.29 is 27.5 Å². The van der Waals surface area contributed by atoms with Gasteiger partial charge in [0.15, 0.2) is 0 Å². The smallest absolute Gasteiger partial charge is 0.421 e. The van der Waals surface area contributed by atoms with E-state index < -0.39 is 30.1 Å². The summed E-state index contributed by atoms with van der Waals surface area (Å²) in [6.07, 6.45) is -3.15. The second kappa shape index (κ2) is 7.71. The molecule has 1 aliphatic rings. The number of carbonyl (C=O) groups excluding carboxylic acids is 2. The number of anilines is 4. The molecule has 0 bridgehead atoms. The van der Waals surface area contributed by atoms with Gasteiger partial charge in [-0.25, -0.2) is 4.98 Å². The Morgan fingerprint density at radius 2 is 2.11 bits per heavy atom. The molecular formula is C17H16F3N5O3. The van der Waals surface area contributed by atoms with Crippen molar-refractivity contribution in [2.45, 2.75) is 19.0 Å². The van der Waals surface area contributed by atoms with Crippen LogP contribution in [0, 0.1) is 0 Å². The van der Waals surface area contributed by atoms with Crippen molar-refractivity contribution in [1.82, 2.24) is 9.97 Å². The molecule has 0 fully saturated rings. The number of nitrogens with zero attached hydrogens (tertiary/aromatic N) is 2. The highest BCUT2D eigenvalue weighted by Crippen LogP contribution is 2.34. The molecule has 0 saturated heterocycles. The molecule has 0 aliphatic carbocycles. The molecule has 2 aromatic rings. The zero-order valence-electron chi connectivity index (χ0n) is 14.7. The summed E-state index contributed by atoms with van der Waals surface area (Å²) in [5.74, 6) is -1.43. The van der Waals surface area contributed by atoms with E-state index in [9.17, 15) is 22.8 Å². The number of halogens is 3. The summed E-state index contributed by atoms with van der Waals surface area (Å²) in [6, 6.07) is 5.10. The van der Waals surface area contributed by atoms with E-state index in [4.69, 9.17) is 0 Å². The van der Waals surface area contributed by atoms with Gasteiger partial charge in [0.05, 0.1) is 7.11 Å². The number of alkyl halides is 3. The van der Waals surface area contributed by atoms with Crippen LogP contribution >= 0.6 is 0 Å². The number of methoxy groups -OCH3 is 1. The summed E-state index contributed by atoms with van der Waals surface area (Å²) in [7, 11) is 1.13. The van der Waals surface area contributed by atoms with Crippen LogP contribution in [0.4, 0.5) is 36.3 Å². The molecule has 0 spiro atoms. The van der Waals surface area contributed by atoms with Gasteiger partial charge in [-0.2, -0.15) is 18.2 Å². The van der Waals surface area contributed by atoms with Crippen LogP contribution in [-0.2, 0) is 26.9 Å². The SMILES string of the molecule is COC(=O)CNc1nc(Nc2ccc3c(c2)CCC(=O)N3)ncc1C(F)(F)F. The van der Waals surface area contributed by atoms with Crippen molar-refractivity contribution in [1.29, 1.82) is 0 Å². The van der Waals surface area contributed by atoms with Crippen molar-refractivity contribution in [2.75, 3.05) is 29.6 Å². The number of amides is 1. The maximum absolute atomic E-state index is 13.1. The molecule has 1 aliphatic heterocycles. The Morgan fingerprint density at radius 1 is 1.32 bits per heavy atom. The van der Waals surface area contributed by atoms with Crippen molar-refractivity contribution in [3.63, 3.8) is 0 Å². The minimum Gasteiger partial charge on any atom is -0.468 e. The van der Waals surface area contributed by atoms with E-state index in [1.165, 1.54) is 0 Å². The fourth-order valence-electron chi connectivity index (χ4n) is 2.60. The fraction of sp³-hybridized carbons (Fsp3) is 0.294. The van der Waals surface area contributed by atoms with Crippen molar-refractivity contribution in [3.05, 3.63) is 35.5 Å². The molecule has 8 nitrogen and oxygen atoms in total. The number of carbonyl (C=O) groups is 2. The topological polar surface area (TPSA) is 105 Å². The number of benzene rings is 1. The normalized spacial score (nSPS) is 13.4. The summed E-state index contributed by atoms with van der Waals surface area (Å²) in [6.45, 7) is -0.478. The molecular weight excluding hydrogens is 379 g/mol. The fourth-order valence-corrected chi connectivity index (χ4v) is 2.60. The number of rotatable bonds is 5. The van der Waals surface area contributed by atoms with Crippen LogP contribution in [0.25, 0.3) is 0 Å². The highest BCUT2D eigenvalue weighted by atomic mass is 19.4. The second-order valence-corrected chi connectivity index (χ2v) is 5.93. The lowest BCUT2D eigenvalue weighted by molar-refractivity contribution is -0.139. The zero-order chi connectivity index (χ0) is 20.3. The summed E-state index contributed by atoms with van der Waals surface area (Å²) < 4.78 is 43.8. The third kappa shape index (κ3) is 4.48. The van der Waals surface area contributed by atoms with E-state index in [0.717, 1.165) is 12.7 Å². The predicted octanol–water partition coefficient (Wildman–Crippen LogP) is 2.71. The van der Waals surface area contributed by atoms with Crippen LogP contribution in [0.2, 0.25) is 0 Å². The predicted molar refractivity (Wildman–Crippen MR) is 94.2 cm³/mol. The first kappa shape index (κ1) is 19.4. The lowest BCUT2D eigenvalue weighted by Gasteiger charge is -2.18.